The van der Waals surface area contributed by atoms with Gasteiger partial charge in [-0.25, -0.2) is 17.5 Å². The Morgan fingerprint density at radius 3 is 2.74 bits per heavy atom. The number of nitrogens with zero attached hydrogens (tertiary/aromatic N) is 3. The average molecular weight is 491 g/mol. The Hall–Kier alpha value is -2.86. The van der Waals surface area contributed by atoms with Gasteiger partial charge in [0.05, 0.1) is 43.1 Å². The number of benzene rings is 2. The number of rotatable bonds is 9. The van der Waals surface area contributed by atoms with Gasteiger partial charge < -0.3 is 14.6 Å². The molecule has 0 aliphatic carbocycles. The zero-order chi connectivity index (χ0) is 24.1. The van der Waals surface area contributed by atoms with Crippen molar-refractivity contribution < 1.29 is 27.4 Å². The lowest BCUT2D eigenvalue weighted by Crippen LogP contribution is -2.50. The van der Waals surface area contributed by atoms with E-state index in [2.05, 4.69) is 15.0 Å². The van der Waals surface area contributed by atoms with Crippen LogP contribution in [0.2, 0.25) is 0 Å². The Labute approximate surface area is 197 Å². The molecule has 1 fully saturated rings. The second-order valence-electron chi connectivity index (χ2n) is 8.13. The molecule has 0 saturated carbocycles. The SMILES string of the molecule is COc1ccc(S(=O)(=O)N[C@@H]2CC[C@H](CCn3cc(-c4cccc(F)c4)nn3)O[C@@H]2CO)cc1. The van der Waals surface area contributed by atoms with Gasteiger partial charge in [-0.2, -0.15) is 0 Å². The normalized spacial score (nSPS) is 20.9. The lowest BCUT2D eigenvalue weighted by Gasteiger charge is -2.36. The van der Waals surface area contributed by atoms with Crippen molar-refractivity contribution in [2.24, 2.45) is 0 Å². The fourth-order valence-corrected chi connectivity index (χ4v) is 5.26. The Balaban J connectivity index is 1.33. The number of halogens is 1. The molecule has 34 heavy (non-hydrogen) atoms. The Morgan fingerprint density at radius 2 is 2.03 bits per heavy atom. The number of hydrogen-bond donors (Lipinski definition) is 2. The van der Waals surface area contributed by atoms with Crippen molar-refractivity contribution >= 4 is 10.0 Å². The molecule has 0 unspecified atom stereocenters. The van der Waals surface area contributed by atoms with Crippen molar-refractivity contribution in [2.75, 3.05) is 13.7 Å². The minimum atomic E-state index is -3.77. The molecule has 11 heteroatoms. The molecule has 0 bridgehead atoms. The number of methoxy groups -OCH3 is 1. The first-order valence-electron chi connectivity index (χ1n) is 11.0. The fourth-order valence-electron chi connectivity index (χ4n) is 3.97. The van der Waals surface area contributed by atoms with E-state index < -0.39 is 22.2 Å². The number of hydrogen-bond acceptors (Lipinski definition) is 7. The van der Waals surface area contributed by atoms with Gasteiger partial charge in [0.25, 0.3) is 0 Å². The molecule has 0 spiro atoms. The third-order valence-electron chi connectivity index (χ3n) is 5.81. The summed E-state index contributed by atoms with van der Waals surface area (Å²) in [7, 11) is -2.26. The van der Waals surface area contributed by atoms with Crippen molar-refractivity contribution in [3.63, 3.8) is 0 Å². The van der Waals surface area contributed by atoms with E-state index >= 15 is 0 Å². The van der Waals surface area contributed by atoms with Crippen molar-refractivity contribution in [1.29, 1.82) is 0 Å². The van der Waals surface area contributed by atoms with Gasteiger partial charge in [-0.3, -0.25) is 4.68 Å². The topological polar surface area (TPSA) is 116 Å². The van der Waals surface area contributed by atoms with E-state index in [1.807, 2.05) is 0 Å². The summed E-state index contributed by atoms with van der Waals surface area (Å²) in [4.78, 5) is 0.118. The Bertz CT molecular complexity index is 1200. The highest BCUT2D eigenvalue weighted by Crippen LogP contribution is 2.25. The van der Waals surface area contributed by atoms with Crippen LogP contribution in [0.3, 0.4) is 0 Å². The van der Waals surface area contributed by atoms with Gasteiger partial charge in [-0.15, -0.1) is 5.10 Å². The van der Waals surface area contributed by atoms with Gasteiger partial charge >= 0.3 is 0 Å². The molecular formula is C23H27FN4O5S. The number of aryl methyl sites for hydroxylation is 1. The molecule has 182 valence electrons. The number of sulfonamides is 1. The second kappa shape index (κ2) is 10.6. The molecular weight excluding hydrogens is 463 g/mol. The summed E-state index contributed by atoms with van der Waals surface area (Å²) in [5.74, 6) is 0.223. The van der Waals surface area contributed by atoms with E-state index in [0.717, 1.165) is 0 Å². The van der Waals surface area contributed by atoms with Gasteiger partial charge in [0.15, 0.2) is 0 Å². The molecule has 3 atom stereocenters. The third-order valence-corrected chi connectivity index (χ3v) is 7.32. The van der Waals surface area contributed by atoms with Crippen molar-refractivity contribution in [2.45, 2.75) is 49.0 Å². The maximum Gasteiger partial charge on any atom is 0.240 e. The smallest absolute Gasteiger partial charge is 0.240 e. The first-order valence-corrected chi connectivity index (χ1v) is 12.4. The van der Waals surface area contributed by atoms with Crippen LogP contribution in [0.25, 0.3) is 11.3 Å². The maximum atomic E-state index is 13.4. The van der Waals surface area contributed by atoms with E-state index in [4.69, 9.17) is 9.47 Å². The van der Waals surface area contributed by atoms with Gasteiger partial charge in [-0.1, -0.05) is 17.3 Å². The second-order valence-corrected chi connectivity index (χ2v) is 9.84. The summed E-state index contributed by atoms with van der Waals surface area (Å²) in [6, 6.07) is 11.7. The first kappa shape index (κ1) is 24.3. The quantitative estimate of drug-likeness (QED) is 0.473. The zero-order valence-corrected chi connectivity index (χ0v) is 19.5. The maximum absolute atomic E-state index is 13.4. The summed E-state index contributed by atoms with van der Waals surface area (Å²) in [5.41, 5.74) is 1.22. The monoisotopic (exact) mass is 490 g/mol. The summed E-state index contributed by atoms with van der Waals surface area (Å²) in [6.45, 7) is 0.215. The van der Waals surface area contributed by atoms with Crippen LogP contribution in [-0.4, -0.2) is 60.5 Å². The highest BCUT2D eigenvalue weighted by molar-refractivity contribution is 7.89. The third kappa shape index (κ3) is 5.79. The minimum Gasteiger partial charge on any atom is -0.497 e. The number of aromatic nitrogens is 3. The van der Waals surface area contributed by atoms with Crippen molar-refractivity contribution in [1.82, 2.24) is 19.7 Å². The predicted octanol–water partition coefficient (Wildman–Crippen LogP) is 2.37. The molecule has 2 heterocycles. The standard InChI is InChI=1S/C23H27FN4O5S/c1-32-18-5-8-20(9-6-18)34(30,31)26-21-10-7-19(33-23(21)15-29)11-12-28-14-22(25-27-28)16-3-2-4-17(24)13-16/h2-6,8-9,13-14,19,21,23,26,29H,7,10-12,15H2,1H3/t19-,21-,23-/m1/s1. The van der Waals surface area contributed by atoms with Crippen LogP contribution in [-0.2, 0) is 21.3 Å². The summed E-state index contributed by atoms with van der Waals surface area (Å²) < 4.78 is 54.3. The van der Waals surface area contributed by atoms with Gasteiger partial charge in [-0.05, 0) is 55.7 Å². The lowest BCUT2D eigenvalue weighted by molar-refractivity contribution is -0.0891. The van der Waals surface area contributed by atoms with Gasteiger partial charge in [0.2, 0.25) is 10.0 Å². The Kier molecular flexibility index (Phi) is 7.57. The van der Waals surface area contributed by atoms with E-state index in [1.165, 1.54) is 31.4 Å². The van der Waals surface area contributed by atoms with Crippen LogP contribution >= 0.6 is 0 Å². The largest absolute Gasteiger partial charge is 0.497 e. The molecule has 2 aromatic carbocycles. The van der Waals surface area contributed by atoms with E-state index in [0.29, 0.717) is 42.8 Å². The fraction of sp³-hybridized carbons (Fsp3) is 0.391. The minimum absolute atomic E-state index is 0.118. The molecule has 0 radical (unpaired) electrons. The van der Waals surface area contributed by atoms with Crippen LogP contribution in [0, 0.1) is 5.82 Å². The first-order chi connectivity index (χ1) is 16.4. The van der Waals surface area contributed by atoms with Crippen molar-refractivity contribution in [3.05, 3.63) is 60.5 Å². The Morgan fingerprint density at radius 1 is 1.24 bits per heavy atom. The van der Waals surface area contributed by atoms with Crippen LogP contribution in [0.1, 0.15) is 19.3 Å². The van der Waals surface area contributed by atoms with E-state index in [1.54, 1.807) is 35.1 Å². The molecule has 9 nitrogen and oxygen atoms in total. The molecule has 1 aromatic heterocycles. The predicted molar refractivity (Wildman–Crippen MR) is 122 cm³/mol. The van der Waals surface area contributed by atoms with Crippen LogP contribution in [0.4, 0.5) is 4.39 Å². The lowest BCUT2D eigenvalue weighted by atomic mass is 9.98. The summed E-state index contributed by atoms with van der Waals surface area (Å²) in [5, 5.41) is 18.0. The van der Waals surface area contributed by atoms with Gasteiger partial charge in [0.1, 0.15) is 17.3 Å². The number of aliphatic hydroxyl groups is 1. The van der Waals surface area contributed by atoms with E-state index in [-0.39, 0.29) is 23.4 Å². The summed E-state index contributed by atoms with van der Waals surface area (Å²) in [6.07, 6.45) is 2.67. The molecule has 1 aliphatic rings. The number of nitrogens with one attached hydrogen (secondary N) is 1. The number of ether oxygens (including phenoxy) is 2. The molecule has 2 N–H and O–H groups in total. The van der Waals surface area contributed by atoms with Crippen LogP contribution in [0.15, 0.2) is 59.6 Å². The van der Waals surface area contributed by atoms with Gasteiger partial charge in [0, 0.05) is 12.1 Å². The molecule has 3 aromatic rings. The molecule has 1 aliphatic heterocycles. The summed E-state index contributed by atoms with van der Waals surface area (Å²) >= 11 is 0. The van der Waals surface area contributed by atoms with Crippen molar-refractivity contribution in [3.8, 4) is 17.0 Å². The molecule has 1 saturated heterocycles. The average Bonchev–Trinajstić information content (AvgIpc) is 3.32. The van der Waals surface area contributed by atoms with E-state index in [9.17, 15) is 17.9 Å². The molecule has 4 rings (SSSR count). The van der Waals surface area contributed by atoms with Crippen LogP contribution < -0.4 is 9.46 Å². The number of aliphatic hydroxyl groups excluding tert-OH is 1. The zero-order valence-electron chi connectivity index (χ0n) is 18.7. The highest BCUT2D eigenvalue weighted by atomic mass is 32.2. The van der Waals surface area contributed by atoms with Crippen LogP contribution in [0.5, 0.6) is 5.75 Å². The molecule has 0 amide bonds. The highest BCUT2D eigenvalue weighted by Gasteiger charge is 2.34.